The van der Waals surface area contributed by atoms with Crippen LogP contribution in [-0.4, -0.2) is 24.1 Å². The third-order valence-corrected chi connectivity index (χ3v) is 1.66. The molecule has 0 aliphatic heterocycles. The molecule has 0 aliphatic carbocycles. The number of nitrogens with one attached hydrogen (secondary N) is 2. The molecule has 0 saturated heterocycles. The smallest absolute Gasteiger partial charge is 0.407 e. The van der Waals surface area contributed by atoms with Gasteiger partial charge in [-0.15, -0.1) is 0 Å². The predicted molar refractivity (Wildman–Crippen MR) is 60.4 cm³/mol. The van der Waals surface area contributed by atoms with E-state index in [0.29, 0.717) is 25.8 Å². The molecule has 0 bridgehead atoms. The van der Waals surface area contributed by atoms with Gasteiger partial charge < -0.3 is 10.1 Å². The van der Waals surface area contributed by atoms with Crippen molar-refractivity contribution >= 4 is 12.0 Å². The summed E-state index contributed by atoms with van der Waals surface area (Å²) in [6.45, 7) is 5.90. The highest BCUT2D eigenvalue weighted by Gasteiger charge is 2.15. The fourth-order valence-electron chi connectivity index (χ4n) is 0.987. The summed E-state index contributed by atoms with van der Waals surface area (Å²) in [7, 11) is 0. The number of nitrogens with two attached hydrogens (primary N) is 1. The summed E-state index contributed by atoms with van der Waals surface area (Å²) in [6.07, 6.45) is 1.33. The van der Waals surface area contributed by atoms with Crippen molar-refractivity contribution < 1.29 is 14.3 Å². The SMILES string of the molecule is CC(C)(C)OC(=O)NCCCCC(=O)NN. The van der Waals surface area contributed by atoms with Crippen LogP contribution < -0.4 is 16.6 Å². The third-order valence-electron chi connectivity index (χ3n) is 1.66. The first-order chi connectivity index (χ1) is 7.35. The molecule has 0 aliphatic rings. The van der Waals surface area contributed by atoms with Gasteiger partial charge in [0, 0.05) is 13.0 Å². The highest BCUT2D eigenvalue weighted by atomic mass is 16.6. The Labute approximate surface area is 95.9 Å². The van der Waals surface area contributed by atoms with Crippen LogP contribution in [0.3, 0.4) is 0 Å². The maximum Gasteiger partial charge on any atom is 0.407 e. The summed E-state index contributed by atoms with van der Waals surface area (Å²) in [5.74, 6) is 4.72. The van der Waals surface area contributed by atoms with E-state index in [1.54, 1.807) is 20.8 Å². The lowest BCUT2D eigenvalue weighted by molar-refractivity contribution is -0.121. The van der Waals surface area contributed by atoms with Crippen molar-refractivity contribution in [2.45, 2.75) is 45.6 Å². The van der Waals surface area contributed by atoms with Gasteiger partial charge in [-0.3, -0.25) is 10.2 Å². The molecule has 0 fully saturated rings. The Morgan fingerprint density at radius 3 is 2.38 bits per heavy atom. The minimum absolute atomic E-state index is 0.197. The quantitative estimate of drug-likeness (QED) is 0.280. The van der Waals surface area contributed by atoms with Crippen LogP contribution >= 0.6 is 0 Å². The summed E-state index contributed by atoms with van der Waals surface area (Å²) in [6, 6.07) is 0. The average molecular weight is 231 g/mol. The van der Waals surface area contributed by atoms with Crippen LogP contribution in [0.1, 0.15) is 40.0 Å². The van der Waals surface area contributed by atoms with Gasteiger partial charge in [-0.2, -0.15) is 0 Å². The molecule has 0 heterocycles. The lowest BCUT2D eigenvalue weighted by Crippen LogP contribution is -2.33. The molecule has 4 N–H and O–H groups in total. The summed E-state index contributed by atoms with van der Waals surface area (Å²) < 4.78 is 5.04. The van der Waals surface area contributed by atoms with Gasteiger partial charge in [0.1, 0.15) is 5.60 Å². The molecule has 0 unspecified atom stereocenters. The molecule has 94 valence electrons. The molecule has 2 amide bonds. The fraction of sp³-hybridized carbons (Fsp3) is 0.800. The third kappa shape index (κ3) is 9.26. The van der Waals surface area contributed by atoms with Gasteiger partial charge in [-0.05, 0) is 33.6 Å². The minimum atomic E-state index is -0.483. The lowest BCUT2D eigenvalue weighted by Gasteiger charge is -2.19. The summed E-state index contributed by atoms with van der Waals surface area (Å²) in [5, 5.41) is 2.61. The van der Waals surface area contributed by atoms with E-state index in [9.17, 15) is 9.59 Å². The van der Waals surface area contributed by atoms with Crippen LogP contribution in [0.15, 0.2) is 0 Å². The molecule has 0 spiro atoms. The van der Waals surface area contributed by atoms with Gasteiger partial charge in [-0.1, -0.05) is 0 Å². The zero-order valence-corrected chi connectivity index (χ0v) is 10.1. The molecule has 0 atom stereocenters. The van der Waals surface area contributed by atoms with Crippen molar-refractivity contribution in [2.75, 3.05) is 6.54 Å². The Morgan fingerprint density at radius 2 is 1.88 bits per heavy atom. The van der Waals surface area contributed by atoms with E-state index in [1.165, 1.54) is 0 Å². The van der Waals surface area contributed by atoms with E-state index in [4.69, 9.17) is 10.6 Å². The minimum Gasteiger partial charge on any atom is -0.444 e. The number of amides is 2. The predicted octanol–water partition coefficient (Wildman–Crippen LogP) is 0.671. The highest BCUT2D eigenvalue weighted by molar-refractivity contribution is 5.75. The Morgan fingerprint density at radius 1 is 1.25 bits per heavy atom. The molecular formula is C10H21N3O3. The van der Waals surface area contributed by atoms with Gasteiger partial charge in [0.2, 0.25) is 5.91 Å². The number of rotatable bonds is 5. The van der Waals surface area contributed by atoms with Crippen LogP contribution in [0.2, 0.25) is 0 Å². The second-order valence-corrected chi connectivity index (χ2v) is 4.45. The second kappa shape index (κ2) is 7.05. The first kappa shape index (κ1) is 14.7. The van der Waals surface area contributed by atoms with Gasteiger partial charge in [-0.25, -0.2) is 10.6 Å². The van der Waals surface area contributed by atoms with Crippen molar-refractivity contribution in [1.82, 2.24) is 10.7 Å². The maximum atomic E-state index is 11.2. The van der Waals surface area contributed by atoms with Crippen molar-refractivity contribution in [3.63, 3.8) is 0 Å². The monoisotopic (exact) mass is 231 g/mol. The molecule has 0 aromatic heterocycles. The number of unbranched alkanes of at least 4 members (excludes halogenated alkanes) is 1. The number of hydrogen-bond acceptors (Lipinski definition) is 4. The van der Waals surface area contributed by atoms with Crippen molar-refractivity contribution in [1.29, 1.82) is 0 Å². The van der Waals surface area contributed by atoms with Crippen LogP contribution in [0, 0.1) is 0 Å². The molecule has 0 rings (SSSR count). The van der Waals surface area contributed by atoms with Crippen LogP contribution in [-0.2, 0) is 9.53 Å². The van der Waals surface area contributed by atoms with Crippen LogP contribution in [0.4, 0.5) is 4.79 Å². The summed E-state index contributed by atoms with van der Waals surface area (Å²) in [4.78, 5) is 21.9. The van der Waals surface area contributed by atoms with Crippen molar-refractivity contribution in [2.24, 2.45) is 5.84 Å². The number of carbonyl (C=O) groups is 2. The fourth-order valence-corrected chi connectivity index (χ4v) is 0.987. The summed E-state index contributed by atoms with van der Waals surface area (Å²) in [5.41, 5.74) is 1.56. The normalized spacial score (nSPS) is 10.8. The Kier molecular flexibility index (Phi) is 6.48. The van der Waals surface area contributed by atoms with Crippen molar-refractivity contribution in [3.05, 3.63) is 0 Å². The van der Waals surface area contributed by atoms with E-state index < -0.39 is 11.7 Å². The largest absolute Gasteiger partial charge is 0.444 e. The Hall–Kier alpha value is -1.30. The molecule has 0 saturated carbocycles. The Bertz CT molecular complexity index is 236. The topological polar surface area (TPSA) is 93.4 Å². The van der Waals surface area contributed by atoms with E-state index >= 15 is 0 Å². The standard InChI is InChI=1S/C10H21N3O3/c1-10(2,3)16-9(15)12-7-5-4-6-8(14)13-11/h4-7,11H2,1-3H3,(H,12,15)(H,13,14). The highest BCUT2D eigenvalue weighted by Crippen LogP contribution is 2.06. The molecule has 0 aromatic carbocycles. The zero-order valence-electron chi connectivity index (χ0n) is 10.1. The van der Waals surface area contributed by atoms with Gasteiger partial charge in [0.05, 0.1) is 0 Å². The van der Waals surface area contributed by atoms with Gasteiger partial charge >= 0.3 is 6.09 Å². The molecule has 16 heavy (non-hydrogen) atoms. The van der Waals surface area contributed by atoms with E-state index in [2.05, 4.69) is 5.32 Å². The number of ether oxygens (including phenoxy) is 1. The number of hydrogen-bond donors (Lipinski definition) is 3. The molecule has 0 radical (unpaired) electrons. The van der Waals surface area contributed by atoms with E-state index in [-0.39, 0.29) is 5.91 Å². The van der Waals surface area contributed by atoms with Gasteiger partial charge in [0.25, 0.3) is 0 Å². The molecular weight excluding hydrogens is 210 g/mol. The lowest BCUT2D eigenvalue weighted by atomic mass is 10.2. The zero-order chi connectivity index (χ0) is 12.6. The molecule has 0 aromatic rings. The molecule has 6 nitrogen and oxygen atoms in total. The maximum absolute atomic E-state index is 11.2. The van der Waals surface area contributed by atoms with Crippen LogP contribution in [0.5, 0.6) is 0 Å². The first-order valence-corrected chi connectivity index (χ1v) is 5.31. The number of hydrazine groups is 1. The summed E-state index contributed by atoms with van der Waals surface area (Å²) >= 11 is 0. The number of alkyl carbamates (subject to hydrolysis) is 1. The molecule has 6 heteroatoms. The first-order valence-electron chi connectivity index (χ1n) is 5.31. The van der Waals surface area contributed by atoms with Crippen molar-refractivity contribution in [3.8, 4) is 0 Å². The van der Waals surface area contributed by atoms with E-state index in [1.807, 2.05) is 5.43 Å². The van der Waals surface area contributed by atoms with E-state index in [0.717, 1.165) is 0 Å². The number of carbonyl (C=O) groups excluding carboxylic acids is 2. The van der Waals surface area contributed by atoms with Crippen LogP contribution in [0.25, 0.3) is 0 Å². The van der Waals surface area contributed by atoms with Gasteiger partial charge in [0.15, 0.2) is 0 Å². The average Bonchev–Trinajstić information content (AvgIpc) is 2.14. The Balaban J connectivity index is 3.45. The second-order valence-electron chi connectivity index (χ2n) is 4.45.